The van der Waals surface area contributed by atoms with Crippen LogP contribution in [0, 0.1) is 6.92 Å². The number of hydrogen-bond donors (Lipinski definition) is 3. The summed E-state index contributed by atoms with van der Waals surface area (Å²) in [7, 11) is 0. The van der Waals surface area contributed by atoms with Gasteiger partial charge in [-0.2, -0.15) is 0 Å². The molecule has 1 unspecified atom stereocenters. The molecule has 1 rings (SSSR count). The van der Waals surface area contributed by atoms with Crippen molar-refractivity contribution in [1.29, 1.82) is 0 Å². The number of halogens is 2. The number of aliphatic carboxylic acids is 1. The van der Waals surface area contributed by atoms with Crippen molar-refractivity contribution in [3.8, 4) is 0 Å². The summed E-state index contributed by atoms with van der Waals surface area (Å²) >= 11 is 9.35. The molecule has 20 heavy (non-hydrogen) atoms. The van der Waals surface area contributed by atoms with Gasteiger partial charge in [0.05, 0.1) is 5.69 Å². The molecule has 0 saturated heterocycles. The molecule has 1 aromatic rings. The van der Waals surface area contributed by atoms with Crippen LogP contribution < -0.4 is 10.6 Å². The van der Waals surface area contributed by atoms with Gasteiger partial charge < -0.3 is 15.7 Å². The van der Waals surface area contributed by atoms with Crippen LogP contribution in [-0.2, 0) is 4.79 Å². The lowest BCUT2D eigenvalue weighted by atomic mass is 10.2. The van der Waals surface area contributed by atoms with Crippen molar-refractivity contribution in [2.45, 2.75) is 32.7 Å². The monoisotopic (exact) mass is 362 g/mol. The summed E-state index contributed by atoms with van der Waals surface area (Å²) in [6.45, 7) is 3.62. The summed E-state index contributed by atoms with van der Waals surface area (Å²) in [6, 6.07) is 2.84. The molecule has 2 amide bonds. The van der Waals surface area contributed by atoms with Gasteiger partial charge in [-0.25, -0.2) is 4.79 Å². The Morgan fingerprint density at radius 3 is 2.70 bits per heavy atom. The van der Waals surface area contributed by atoms with Crippen LogP contribution >= 0.6 is 27.5 Å². The lowest BCUT2D eigenvalue weighted by Crippen LogP contribution is -2.36. The lowest BCUT2D eigenvalue weighted by Gasteiger charge is -2.15. The Bertz CT molecular complexity index is 523. The number of nitrogens with one attached hydrogen (secondary N) is 2. The van der Waals surface area contributed by atoms with Gasteiger partial charge >= 0.3 is 12.0 Å². The van der Waals surface area contributed by atoms with Gasteiger partial charge in [0.1, 0.15) is 0 Å². The molecule has 0 bridgehead atoms. The molecule has 0 aromatic heterocycles. The van der Waals surface area contributed by atoms with E-state index in [-0.39, 0.29) is 12.5 Å². The zero-order valence-corrected chi connectivity index (χ0v) is 13.5. The third-order valence-corrected chi connectivity index (χ3v) is 3.73. The van der Waals surface area contributed by atoms with Crippen molar-refractivity contribution >= 4 is 45.2 Å². The number of carboxylic acid groups (broad SMARTS) is 1. The molecule has 0 heterocycles. The van der Waals surface area contributed by atoms with Crippen LogP contribution in [0.5, 0.6) is 0 Å². The predicted octanol–water partition coefficient (Wildman–Crippen LogP) is 3.79. The van der Waals surface area contributed by atoms with Gasteiger partial charge in [0.25, 0.3) is 0 Å². The Hall–Kier alpha value is -1.27. The fourth-order valence-corrected chi connectivity index (χ4v) is 2.26. The molecule has 0 saturated carbocycles. The normalized spacial score (nSPS) is 11.8. The molecule has 1 atom stereocenters. The summed E-state index contributed by atoms with van der Waals surface area (Å²) in [5, 5.41) is 14.5. The van der Waals surface area contributed by atoms with E-state index in [9.17, 15) is 9.59 Å². The minimum Gasteiger partial charge on any atom is -0.481 e. The Morgan fingerprint density at radius 2 is 2.10 bits per heavy atom. The quantitative estimate of drug-likeness (QED) is 0.745. The van der Waals surface area contributed by atoms with Crippen LogP contribution in [0.3, 0.4) is 0 Å². The SMILES string of the molecule is Cc1cc(Br)c(NC(=O)NC(C)CCC(=O)O)cc1Cl. The number of anilines is 1. The molecule has 110 valence electrons. The lowest BCUT2D eigenvalue weighted by molar-refractivity contribution is -0.137. The van der Waals surface area contributed by atoms with Gasteiger partial charge in [0.2, 0.25) is 0 Å². The smallest absolute Gasteiger partial charge is 0.319 e. The first-order valence-corrected chi connectivity index (χ1v) is 7.21. The molecule has 0 aliphatic heterocycles. The first kappa shape index (κ1) is 16.8. The standard InChI is InChI=1S/C13H16BrClN2O3/c1-7-5-9(14)11(6-10(7)15)17-13(20)16-8(2)3-4-12(18)19/h5-6,8H,3-4H2,1-2H3,(H,18,19)(H2,16,17,20). The third-order valence-electron chi connectivity index (χ3n) is 2.67. The van der Waals surface area contributed by atoms with Gasteiger partial charge in [-0.15, -0.1) is 0 Å². The van der Waals surface area contributed by atoms with Gasteiger partial charge in [0.15, 0.2) is 0 Å². The first-order valence-electron chi connectivity index (χ1n) is 6.04. The minimum absolute atomic E-state index is 0.0154. The summed E-state index contributed by atoms with van der Waals surface area (Å²) in [6.07, 6.45) is 0.389. The maximum absolute atomic E-state index is 11.8. The van der Waals surface area contributed by atoms with Crippen molar-refractivity contribution in [1.82, 2.24) is 5.32 Å². The Morgan fingerprint density at radius 1 is 1.45 bits per heavy atom. The second kappa shape index (κ2) is 7.50. The van der Waals surface area contributed by atoms with E-state index in [4.69, 9.17) is 16.7 Å². The molecule has 0 radical (unpaired) electrons. The van der Waals surface area contributed by atoms with Crippen molar-refractivity contribution in [3.63, 3.8) is 0 Å². The molecule has 0 spiro atoms. The second-order valence-electron chi connectivity index (χ2n) is 4.51. The molecular weight excluding hydrogens is 348 g/mol. The number of carbonyl (C=O) groups excluding carboxylic acids is 1. The fraction of sp³-hybridized carbons (Fsp3) is 0.385. The van der Waals surface area contributed by atoms with E-state index in [0.29, 0.717) is 17.1 Å². The summed E-state index contributed by atoms with van der Waals surface area (Å²) in [4.78, 5) is 22.2. The average molecular weight is 364 g/mol. The number of urea groups is 1. The van der Waals surface area contributed by atoms with E-state index >= 15 is 0 Å². The number of aryl methyl sites for hydroxylation is 1. The number of hydrogen-bond acceptors (Lipinski definition) is 2. The highest BCUT2D eigenvalue weighted by molar-refractivity contribution is 9.10. The molecule has 0 aliphatic rings. The number of carbonyl (C=O) groups is 2. The number of carboxylic acids is 1. The molecule has 0 fully saturated rings. The second-order valence-corrected chi connectivity index (χ2v) is 5.77. The maximum atomic E-state index is 11.8. The van der Waals surface area contributed by atoms with E-state index < -0.39 is 12.0 Å². The Labute approximate surface area is 130 Å². The van der Waals surface area contributed by atoms with E-state index in [1.807, 2.05) is 13.0 Å². The van der Waals surface area contributed by atoms with Crippen LogP contribution in [0.1, 0.15) is 25.3 Å². The van der Waals surface area contributed by atoms with Gasteiger partial charge in [-0.05, 0) is 53.9 Å². The Kier molecular flexibility index (Phi) is 6.29. The van der Waals surface area contributed by atoms with Crippen molar-refractivity contribution in [2.75, 3.05) is 5.32 Å². The molecule has 1 aromatic carbocycles. The third kappa shape index (κ3) is 5.38. The number of rotatable bonds is 5. The molecular formula is C13H16BrClN2O3. The van der Waals surface area contributed by atoms with Crippen molar-refractivity contribution in [2.24, 2.45) is 0 Å². The van der Waals surface area contributed by atoms with Crippen LogP contribution in [-0.4, -0.2) is 23.1 Å². The zero-order chi connectivity index (χ0) is 15.3. The topological polar surface area (TPSA) is 78.4 Å². The van der Waals surface area contributed by atoms with Gasteiger partial charge in [-0.3, -0.25) is 4.79 Å². The fourth-order valence-electron chi connectivity index (χ4n) is 1.54. The minimum atomic E-state index is -0.882. The van der Waals surface area contributed by atoms with Crippen LogP contribution in [0.15, 0.2) is 16.6 Å². The predicted molar refractivity (Wildman–Crippen MR) is 82.4 cm³/mol. The highest BCUT2D eigenvalue weighted by Crippen LogP contribution is 2.29. The van der Waals surface area contributed by atoms with Crippen molar-refractivity contribution in [3.05, 3.63) is 27.2 Å². The maximum Gasteiger partial charge on any atom is 0.319 e. The van der Waals surface area contributed by atoms with Crippen LogP contribution in [0.2, 0.25) is 5.02 Å². The first-order chi connectivity index (χ1) is 9.29. The van der Waals surface area contributed by atoms with Crippen molar-refractivity contribution < 1.29 is 14.7 Å². The molecule has 5 nitrogen and oxygen atoms in total. The van der Waals surface area contributed by atoms with E-state index in [1.165, 1.54) is 0 Å². The number of benzene rings is 1. The van der Waals surface area contributed by atoms with E-state index in [1.54, 1.807) is 13.0 Å². The molecule has 0 aliphatic carbocycles. The highest BCUT2D eigenvalue weighted by Gasteiger charge is 2.11. The summed E-state index contributed by atoms with van der Waals surface area (Å²) in [5.74, 6) is -0.882. The average Bonchev–Trinajstić information content (AvgIpc) is 2.33. The number of amides is 2. The zero-order valence-electron chi connectivity index (χ0n) is 11.2. The summed E-state index contributed by atoms with van der Waals surface area (Å²) < 4.78 is 0.729. The Balaban J connectivity index is 2.58. The van der Waals surface area contributed by atoms with E-state index in [0.717, 1.165) is 10.0 Å². The largest absolute Gasteiger partial charge is 0.481 e. The van der Waals surface area contributed by atoms with Gasteiger partial charge in [-0.1, -0.05) is 11.6 Å². The van der Waals surface area contributed by atoms with E-state index in [2.05, 4.69) is 26.6 Å². The van der Waals surface area contributed by atoms with Gasteiger partial charge in [0, 0.05) is 22.0 Å². The molecule has 7 heteroatoms. The van der Waals surface area contributed by atoms with Crippen LogP contribution in [0.4, 0.5) is 10.5 Å². The van der Waals surface area contributed by atoms with Crippen LogP contribution in [0.25, 0.3) is 0 Å². The summed E-state index contributed by atoms with van der Waals surface area (Å²) in [5.41, 5.74) is 1.46. The molecule has 3 N–H and O–H groups in total. The highest BCUT2D eigenvalue weighted by atomic mass is 79.9.